The summed E-state index contributed by atoms with van der Waals surface area (Å²) < 4.78 is 16.7. The van der Waals surface area contributed by atoms with Gasteiger partial charge in [0.2, 0.25) is 0 Å². The first-order valence-electron chi connectivity index (χ1n) is 6.42. The van der Waals surface area contributed by atoms with Gasteiger partial charge in [-0.05, 0) is 36.6 Å². The standard InChI is InChI=1S/C14H14FN3OS/c15-10-1-4-12(13(16)20)9(7-10)8-17-5-6-18(14(17)19)11-2-3-11/h1,4-7,11H,2-3,8H2,(H2,16,20). The summed E-state index contributed by atoms with van der Waals surface area (Å²) >= 11 is 4.96. The predicted molar refractivity (Wildman–Crippen MR) is 78.4 cm³/mol. The maximum atomic E-state index is 13.4. The number of benzene rings is 1. The molecule has 0 aliphatic heterocycles. The Bertz CT molecular complexity index is 730. The van der Waals surface area contributed by atoms with Gasteiger partial charge in [-0.1, -0.05) is 12.2 Å². The van der Waals surface area contributed by atoms with Crippen molar-refractivity contribution in [3.63, 3.8) is 0 Å². The summed E-state index contributed by atoms with van der Waals surface area (Å²) in [7, 11) is 0. The molecule has 2 aromatic rings. The summed E-state index contributed by atoms with van der Waals surface area (Å²) in [6, 6.07) is 4.56. The molecule has 1 fully saturated rings. The van der Waals surface area contributed by atoms with Crippen molar-refractivity contribution in [2.24, 2.45) is 5.73 Å². The van der Waals surface area contributed by atoms with Crippen LogP contribution in [0.4, 0.5) is 4.39 Å². The van der Waals surface area contributed by atoms with Crippen molar-refractivity contribution in [1.82, 2.24) is 9.13 Å². The van der Waals surface area contributed by atoms with E-state index in [0.29, 0.717) is 17.2 Å². The predicted octanol–water partition coefficient (Wildman–Crippen LogP) is 1.81. The molecule has 2 N–H and O–H groups in total. The summed E-state index contributed by atoms with van der Waals surface area (Å²) in [6.07, 6.45) is 5.58. The number of hydrogen-bond donors (Lipinski definition) is 1. The van der Waals surface area contributed by atoms with Crippen LogP contribution in [0.1, 0.15) is 30.0 Å². The zero-order chi connectivity index (χ0) is 14.3. The minimum absolute atomic E-state index is 0.0781. The summed E-state index contributed by atoms with van der Waals surface area (Å²) in [6.45, 7) is 0.267. The molecule has 0 spiro atoms. The molecule has 1 aliphatic rings. The van der Waals surface area contributed by atoms with E-state index in [0.717, 1.165) is 12.8 Å². The van der Waals surface area contributed by atoms with Crippen LogP contribution in [-0.2, 0) is 6.54 Å². The van der Waals surface area contributed by atoms with E-state index in [1.165, 1.54) is 12.1 Å². The summed E-state index contributed by atoms with van der Waals surface area (Å²) in [5.74, 6) is -0.366. The number of imidazole rings is 1. The Kier molecular flexibility index (Phi) is 3.17. The van der Waals surface area contributed by atoms with Gasteiger partial charge in [0.1, 0.15) is 10.8 Å². The van der Waals surface area contributed by atoms with E-state index in [-0.39, 0.29) is 23.0 Å². The number of hydrogen-bond acceptors (Lipinski definition) is 2. The normalized spacial score (nSPS) is 14.4. The van der Waals surface area contributed by atoms with Crippen LogP contribution >= 0.6 is 12.2 Å². The van der Waals surface area contributed by atoms with Crippen LogP contribution < -0.4 is 11.4 Å². The van der Waals surface area contributed by atoms with E-state index in [1.807, 2.05) is 0 Å². The molecule has 0 amide bonds. The molecule has 0 atom stereocenters. The minimum atomic E-state index is -0.366. The molecule has 3 rings (SSSR count). The van der Waals surface area contributed by atoms with Gasteiger partial charge in [-0.3, -0.25) is 9.13 Å². The lowest BCUT2D eigenvalue weighted by Gasteiger charge is -2.08. The Morgan fingerprint density at radius 1 is 1.40 bits per heavy atom. The molecule has 0 radical (unpaired) electrons. The topological polar surface area (TPSA) is 52.9 Å². The van der Waals surface area contributed by atoms with Crippen molar-refractivity contribution >= 4 is 17.2 Å². The van der Waals surface area contributed by atoms with E-state index in [2.05, 4.69) is 0 Å². The molecule has 0 bridgehead atoms. The fraction of sp³-hybridized carbons (Fsp3) is 0.286. The molecular weight excluding hydrogens is 277 g/mol. The zero-order valence-electron chi connectivity index (χ0n) is 10.8. The fourth-order valence-corrected chi connectivity index (χ4v) is 2.50. The van der Waals surface area contributed by atoms with Crippen molar-refractivity contribution in [1.29, 1.82) is 0 Å². The highest BCUT2D eigenvalue weighted by Crippen LogP contribution is 2.33. The van der Waals surface area contributed by atoms with Crippen LogP contribution in [0.5, 0.6) is 0 Å². The van der Waals surface area contributed by atoms with Crippen LogP contribution in [-0.4, -0.2) is 14.1 Å². The van der Waals surface area contributed by atoms with Crippen LogP contribution in [0.2, 0.25) is 0 Å². The number of thiocarbonyl (C=S) groups is 1. The van der Waals surface area contributed by atoms with Gasteiger partial charge in [0.25, 0.3) is 0 Å². The Balaban J connectivity index is 1.96. The quantitative estimate of drug-likeness (QED) is 0.874. The second-order valence-corrected chi connectivity index (χ2v) is 5.45. The highest BCUT2D eigenvalue weighted by molar-refractivity contribution is 7.80. The smallest absolute Gasteiger partial charge is 0.328 e. The third-order valence-electron chi connectivity index (χ3n) is 3.49. The third kappa shape index (κ3) is 2.38. The Hall–Kier alpha value is -1.95. The number of rotatable bonds is 4. The third-order valence-corrected chi connectivity index (χ3v) is 3.71. The Morgan fingerprint density at radius 2 is 2.15 bits per heavy atom. The van der Waals surface area contributed by atoms with Gasteiger partial charge < -0.3 is 5.73 Å². The SMILES string of the molecule is NC(=S)c1ccc(F)cc1Cn1ccn(C2CC2)c1=O. The van der Waals surface area contributed by atoms with Gasteiger partial charge in [0.15, 0.2) is 0 Å². The number of aromatic nitrogens is 2. The van der Waals surface area contributed by atoms with E-state index < -0.39 is 0 Å². The highest BCUT2D eigenvalue weighted by Gasteiger charge is 2.25. The molecule has 1 aromatic heterocycles. The summed E-state index contributed by atoms with van der Waals surface area (Å²) in [5, 5.41) is 0. The molecule has 0 unspecified atom stereocenters. The second kappa shape index (κ2) is 4.86. The Labute approximate surface area is 120 Å². The van der Waals surface area contributed by atoms with Gasteiger partial charge in [-0.15, -0.1) is 0 Å². The van der Waals surface area contributed by atoms with E-state index in [1.54, 1.807) is 27.6 Å². The fourth-order valence-electron chi connectivity index (χ4n) is 2.30. The van der Waals surface area contributed by atoms with Gasteiger partial charge in [-0.2, -0.15) is 0 Å². The average molecular weight is 291 g/mol. The highest BCUT2D eigenvalue weighted by atomic mass is 32.1. The first kappa shape index (κ1) is 13.1. The van der Waals surface area contributed by atoms with Crippen molar-refractivity contribution in [3.8, 4) is 0 Å². The van der Waals surface area contributed by atoms with Crippen molar-refractivity contribution in [2.45, 2.75) is 25.4 Å². The second-order valence-electron chi connectivity index (χ2n) is 5.01. The number of nitrogens with two attached hydrogens (primary N) is 1. The van der Waals surface area contributed by atoms with Crippen molar-refractivity contribution < 1.29 is 4.39 Å². The van der Waals surface area contributed by atoms with Crippen LogP contribution in [0.25, 0.3) is 0 Å². The van der Waals surface area contributed by atoms with Crippen LogP contribution in [0.3, 0.4) is 0 Å². The van der Waals surface area contributed by atoms with Gasteiger partial charge in [0.05, 0.1) is 6.54 Å². The molecule has 1 saturated carbocycles. The van der Waals surface area contributed by atoms with Gasteiger partial charge in [0, 0.05) is 24.0 Å². The lowest BCUT2D eigenvalue weighted by atomic mass is 10.1. The lowest BCUT2D eigenvalue weighted by molar-refractivity contribution is 0.619. The van der Waals surface area contributed by atoms with Gasteiger partial charge in [-0.25, -0.2) is 9.18 Å². The average Bonchev–Trinajstić information content (AvgIpc) is 3.16. The largest absolute Gasteiger partial charge is 0.389 e. The first-order valence-corrected chi connectivity index (χ1v) is 6.82. The number of halogens is 1. The monoisotopic (exact) mass is 291 g/mol. The molecule has 1 aliphatic carbocycles. The molecule has 20 heavy (non-hydrogen) atoms. The van der Waals surface area contributed by atoms with E-state index in [4.69, 9.17) is 18.0 Å². The summed E-state index contributed by atoms with van der Waals surface area (Å²) in [5.41, 5.74) is 6.78. The minimum Gasteiger partial charge on any atom is -0.389 e. The molecule has 0 saturated heterocycles. The Morgan fingerprint density at radius 3 is 2.80 bits per heavy atom. The molecule has 6 heteroatoms. The first-order chi connectivity index (χ1) is 9.56. The van der Waals surface area contributed by atoms with Crippen LogP contribution in [0, 0.1) is 5.82 Å². The van der Waals surface area contributed by atoms with E-state index in [9.17, 15) is 9.18 Å². The molecule has 4 nitrogen and oxygen atoms in total. The van der Waals surface area contributed by atoms with Gasteiger partial charge >= 0.3 is 5.69 Å². The van der Waals surface area contributed by atoms with Crippen LogP contribution in [0.15, 0.2) is 35.4 Å². The lowest BCUT2D eigenvalue weighted by Crippen LogP contribution is -2.25. The maximum absolute atomic E-state index is 13.4. The van der Waals surface area contributed by atoms with Crippen molar-refractivity contribution in [2.75, 3.05) is 0 Å². The molecule has 104 valence electrons. The van der Waals surface area contributed by atoms with Crippen molar-refractivity contribution in [3.05, 3.63) is 58.0 Å². The molecule has 1 aromatic carbocycles. The zero-order valence-corrected chi connectivity index (χ0v) is 11.6. The number of nitrogens with zero attached hydrogens (tertiary/aromatic N) is 2. The summed E-state index contributed by atoms with van der Waals surface area (Å²) in [4.78, 5) is 12.4. The van der Waals surface area contributed by atoms with E-state index >= 15 is 0 Å². The molecular formula is C14H14FN3OS. The molecule has 1 heterocycles. The maximum Gasteiger partial charge on any atom is 0.328 e.